The van der Waals surface area contributed by atoms with Crippen LogP contribution in [0.4, 0.5) is 13.2 Å². The molecular formula is C13H5Cl2F3INO. The van der Waals surface area contributed by atoms with Crippen LogP contribution in [-0.4, -0.2) is 10.8 Å². The number of aromatic nitrogens is 1. The minimum Gasteiger partial charge on any atom is -0.288 e. The summed E-state index contributed by atoms with van der Waals surface area (Å²) in [7, 11) is 0. The Morgan fingerprint density at radius 1 is 1.10 bits per heavy atom. The van der Waals surface area contributed by atoms with Gasteiger partial charge in [0.1, 0.15) is 10.8 Å². The van der Waals surface area contributed by atoms with Crippen LogP contribution in [0.1, 0.15) is 21.6 Å². The van der Waals surface area contributed by atoms with Crippen molar-refractivity contribution in [1.82, 2.24) is 4.98 Å². The molecule has 1 heterocycles. The van der Waals surface area contributed by atoms with Crippen molar-refractivity contribution in [2.24, 2.45) is 0 Å². The Morgan fingerprint density at radius 3 is 2.33 bits per heavy atom. The van der Waals surface area contributed by atoms with Gasteiger partial charge in [-0.1, -0.05) is 23.2 Å². The highest BCUT2D eigenvalue weighted by molar-refractivity contribution is 14.1. The molecular weight excluding hydrogens is 441 g/mol. The van der Waals surface area contributed by atoms with E-state index in [-0.39, 0.29) is 11.1 Å². The SMILES string of the molecule is O=C(c1cc(Cl)ccc1I)c1ccc(C(F)(F)F)nc1Cl. The fourth-order valence-corrected chi connectivity index (χ4v) is 2.57. The third kappa shape index (κ3) is 3.67. The molecule has 8 heteroatoms. The van der Waals surface area contributed by atoms with Crippen molar-refractivity contribution in [3.05, 3.63) is 60.9 Å². The molecule has 0 spiro atoms. The summed E-state index contributed by atoms with van der Waals surface area (Å²) in [5.41, 5.74) is -0.999. The Labute approximate surface area is 141 Å². The van der Waals surface area contributed by atoms with Gasteiger partial charge in [0, 0.05) is 14.2 Å². The molecule has 0 bridgehead atoms. The van der Waals surface area contributed by atoms with Crippen molar-refractivity contribution < 1.29 is 18.0 Å². The maximum Gasteiger partial charge on any atom is 0.433 e. The molecule has 110 valence electrons. The third-order valence-corrected chi connectivity index (χ3v) is 4.02. The fraction of sp³-hybridized carbons (Fsp3) is 0.0769. The average molecular weight is 446 g/mol. The van der Waals surface area contributed by atoms with Gasteiger partial charge >= 0.3 is 6.18 Å². The summed E-state index contributed by atoms with van der Waals surface area (Å²) in [6.07, 6.45) is -4.62. The summed E-state index contributed by atoms with van der Waals surface area (Å²) in [5, 5.41) is -0.152. The summed E-state index contributed by atoms with van der Waals surface area (Å²) >= 11 is 13.5. The fourth-order valence-electron chi connectivity index (χ4n) is 1.58. The number of halogens is 6. The standard InChI is InChI=1S/C13H5Cl2F3INO/c14-6-1-3-9(19)8(5-6)11(21)7-2-4-10(13(16,17)18)20-12(7)15/h1-5H. The topological polar surface area (TPSA) is 30.0 Å². The second kappa shape index (κ2) is 6.10. The third-order valence-electron chi connectivity index (χ3n) is 2.56. The highest BCUT2D eigenvalue weighted by Gasteiger charge is 2.33. The monoisotopic (exact) mass is 445 g/mol. The van der Waals surface area contributed by atoms with Crippen LogP contribution < -0.4 is 0 Å². The minimum atomic E-state index is -4.62. The van der Waals surface area contributed by atoms with E-state index in [1.807, 2.05) is 22.6 Å². The summed E-state index contributed by atoms with van der Waals surface area (Å²) in [6.45, 7) is 0. The second-order valence-electron chi connectivity index (χ2n) is 3.99. The lowest BCUT2D eigenvalue weighted by Gasteiger charge is -2.09. The molecule has 2 nitrogen and oxygen atoms in total. The molecule has 0 radical (unpaired) electrons. The molecule has 0 unspecified atom stereocenters. The molecule has 0 saturated heterocycles. The number of ketones is 1. The highest BCUT2D eigenvalue weighted by Crippen LogP contribution is 2.30. The second-order valence-corrected chi connectivity index (χ2v) is 5.94. The first kappa shape index (κ1) is 16.5. The Kier molecular flexibility index (Phi) is 4.79. The molecule has 2 rings (SSSR count). The van der Waals surface area contributed by atoms with Crippen molar-refractivity contribution in [3.8, 4) is 0 Å². The van der Waals surface area contributed by atoms with Crippen LogP contribution in [0.25, 0.3) is 0 Å². The lowest BCUT2D eigenvalue weighted by atomic mass is 10.0. The minimum absolute atomic E-state index is 0.107. The van der Waals surface area contributed by atoms with Crippen molar-refractivity contribution in [3.63, 3.8) is 0 Å². The maximum atomic E-state index is 12.5. The predicted octanol–water partition coefficient (Wildman–Crippen LogP) is 5.24. The molecule has 0 fully saturated rings. The van der Waals surface area contributed by atoms with Gasteiger partial charge in [-0.05, 0) is 52.9 Å². The van der Waals surface area contributed by atoms with Gasteiger partial charge in [-0.25, -0.2) is 4.98 Å². The maximum absolute atomic E-state index is 12.5. The van der Waals surface area contributed by atoms with Gasteiger partial charge in [0.05, 0.1) is 5.56 Å². The van der Waals surface area contributed by atoms with E-state index in [9.17, 15) is 18.0 Å². The number of hydrogen-bond donors (Lipinski definition) is 0. The number of carbonyl (C=O) groups excluding carboxylic acids is 1. The summed E-state index contributed by atoms with van der Waals surface area (Å²) in [4.78, 5) is 15.6. The summed E-state index contributed by atoms with van der Waals surface area (Å²) < 4.78 is 38.2. The molecule has 1 aromatic heterocycles. The Bertz CT molecular complexity index is 719. The molecule has 0 N–H and O–H groups in total. The van der Waals surface area contributed by atoms with Crippen LogP contribution in [0.15, 0.2) is 30.3 Å². The van der Waals surface area contributed by atoms with Crippen LogP contribution in [0.3, 0.4) is 0 Å². The number of hydrogen-bond acceptors (Lipinski definition) is 2. The smallest absolute Gasteiger partial charge is 0.288 e. The Hall–Kier alpha value is -0.860. The van der Waals surface area contributed by atoms with E-state index in [2.05, 4.69) is 4.98 Å². The predicted molar refractivity (Wildman–Crippen MR) is 81.9 cm³/mol. The van der Waals surface area contributed by atoms with Gasteiger partial charge in [-0.2, -0.15) is 13.2 Å². The largest absolute Gasteiger partial charge is 0.433 e. The lowest BCUT2D eigenvalue weighted by Crippen LogP contribution is -2.11. The molecule has 0 saturated carbocycles. The molecule has 0 aliphatic rings. The van der Waals surface area contributed by atoms with E-state index in [0.717, 1.165) is 12.1 Å². The number of benzene rings is 1. The van der Waals surface area contributed by atoms with Crippen LogP contribution in [0.2, 0.25) is 10.2 Å². The summed E-state index contributed by atoms with van der Waals surface area (Å²) in [5.74, 6) is -0.534. The van der Waals surface area contributed by atoms with Gasteiger partial charge in [0.15, 0.2) is 5.78 Å². The zero-order chi connectivity index (χ0) is 15.8. The van der Waals surface area contributed by atoms with Crippen molar-refractivity contribution in [2.75, 3.05) is 0 Å². The zero-order valence-electron chi connectivity index (χ0n) is 10.0. The van der Waals surface area contributed by atoms with Crippen LogP contribution >= 0.6 is 45.8 Å². The molecule has 0 atom stereocenters. The average Bonchev–Trinajstić information content (AvgIpc) is 2.39. The first-order chi connectivity index (χ1) is 9.70. The van der Waals surface area contributed by atoms with Crippen molar-refractivity contribution >= 4 is 51.6 Å². The van der Waals surface area contributed by atoms with E-state index in [1.165, 1.54) is 6.07 Å². The van der Waals surface area contributed by atoms with Crippen LogP contribution in [0, 0.1) is 3.57 Å². The van der Waals surface area contributed by atoms with Gasteiger partial charge in [0.25, 0.3) is 0 Å². The molecule has 0 aliphatic heterocycles. The number of alkyl halides is 3. The first-order valence-corrected chi connectivity index (χ1v) is 7.27. The van der Waals surface area contributed by atoms with Gasteiger partial charge < -0.3 is 0 Å². The van der Waals surface area contributed by atoms with Gasteiger partial charge in [-0.15, -0.1) is 0 Å². The van der Waals surface area contributed by atoms with Gasteiger partial charge in [0.2, 0.25) is 0 Å². The molecule has 0 amide bonds. The molecule has 2 aromatic rings. The first-order valence-electron chi connectivity index (χ1n) is 5.43. The lowest BCUT2D eigenvalue weighted by molar-refractivity contribution is -0.141. The number of pyridine rings is 1. The molecule has 21 heavy (non-hydrogen) atoms. The summed E-state index contributed by atoms with van der Waals surface area (Å²) in [6, 6.07) is 6.39. The normalized spacial score (nSPS) is 11.5. The Balaban J connectivity index is 2.47. The number of carbonyl (C=O) groups is 1. The molecule has 0 aliphatic carbocycles. The van der Waals surface area contributed by atoms with Crippen LogP contribution in [0.5, 0.6) is 0 Å². The number of rotatable bonds is 2. The molecule has 1 aromatic carbocycles. The van der Waals surface area contributed by atoms with E-state index in [1.54, 1.807) is 12.1 Å². The highest BCUT2D eigenvalue weighted by atomic mass is 127. The van der Waals surface area contributed by atoms with E-state index in [0.29, 0.717) is 8.59 Å². The van der Waals surface area contributed by atoms with Crippen LogP contribution in [-0.2, 0) is 6.18 Å². The van der Waals surface area contributed by atoms with E-state index in [4.69, 9.17) is 23.2 Å². The van der Waals surface area contributed by atoms with E-state index >= 15 is 0 Å². The van der Waals surface area contributed by atoms with E-state index < -0.39 is 22.8 Å². The number of nitrogens with zero attached hydrogens (tertiary/aromatic N) is 1. The van der Waals surface area contributed by atoms with Crippen molar-refractivity contribution in [1.29, 1.82) is 0 Å². The zero-order valence-corrected chi connectivity index (χ0v) is 13.7. The van der Waals surface area contributed by atoms with Crippen molar-refractivity contribution in [2.45, 2.75) is 6.18 Å². The van der Waals surface area contributed by atoms with Gasteiger partial charge in [-0.3, -0.25) is 4.79 Å². The Morgan fingerprint density at radius 2 is 1.76 bits per heavy atom. The quantitative estimate of drug-likeness (QED) is 0.359.